The van der Waals surface area contributed by atoms with Crippen LogP contribution in [0.25, 0.3) is 5.82 Å². The predicted octanol–water partition coefficient (Wildman–Crippen LogP) is 2.34. The molecule has 1 aromatic carbocycles. The molecule has 0 saturated carbocycles. The summed E-state index contributed by atoms with van der Waals surface area (Å²) in [4.78, 5) is 11.0. The molecule has 1 aliphatic rings. The molecule has 4 rings (SSSR count). The van der Waals surface area contributed by atoms with Crippen molar-refractivity contribution in [3.8, 4) is 17.3 Å². The van der Waals surface area contributed by atoms with Crippen molar-refractivity contribution in [2.24, 2.45) is 0 Å². The fraction of sp³-hybridized carbons (Fsp3) is 0.350. The van der Waals surface area contributed by atoms with E-state index in [4.69, 9.17) is 15.2 Å². The summed E-state index contributed by atoms with van der Waals surface area (Å²) >= 11 is 0. The SMILES string of the molecule is COc1cc(NC2CCCN(c3cc(-n4cccn4)nc(N)n3)C2)cc(OC)c1. The van der Waals surface area contributed by atoms with E-state index in [0.29, 0.717) is 5.82 Å². The van der Waals surface area contributed by atoms with Gasteiger partial charge in [-0.25, -0.2) is 4.68 Å². The second-order valence-corrected chi connectivity index (χ2v) is 6.92. The quantitative estimate of drug-likeness (QED) is 0.656. The lowest BCUT2D eigenvalue weighted by Crippen LogP contribution is -2.42. The van der Waals surface area contributed by atoms with Crippen molar-refractivity contribution < 1.29 is 9.47 Å². The average molecular weight is 395 g/mol. The van der Waals surface area contributed by atoms with Gasteiger partial charge < -0.3 is 25.4 Å². The molecule has 0 bridgehead atoms. The number of nitrogens with one attached hydrogen (secondary N) is 1. The van der Waals surface area contributed by atoms with Gasteiger partial charge in [-0.1, -0.05) is 0 Å². The normalized spacial score (nSPS) is 16.5. The molecule has 0 amide bonds. The van der Waals surface area contributed by atoms with Crippen LogP contribution >= 0.6 is 0 Å². The molecule has 1 unspecified atom stereocenters. The molecule has 1 fully saturated rings. The summed E-state index contributed by atoms with van der Waals surface area (Å²) in [6.07, 6.45) is 5.64. The topological polar surface area (TPSA) is 103 Å². The van der Waals surface area contributed by atoms with E-state index in [-0.39, 0.29) is 12.0 Å². The van der Waals surface area contributed by atoms with Gasteiger partial charge in [0, 0.05) is 61.5 Å². The maximum atomic E-state index is 5.96. The average Bonchev–Trinajstić information content (AvgIpc) is 3.28. The van der Waals surface area contributed by atoms with Crippen LogP contribution in [0.1, 0.15) is 12.8 Å². The van der Waals surface area contributed by atoms with Crippen LogP contribution in [0, 0.1) is 0 Å². The van der Waals surface area contributed by atoms with Crippen molar-refractivity contribution in [1.29, 1.82) is 0 Å². The van der Waals surface area contributed by atoms with E-state index in [9.17, 15) is 0 Å². The van der Waals surface area contributed by atoms with Gasteiger partial charge in [0.05, 0.1) is 14.2 Å². The van der Waals surface area contributed by atoms with Crippen LogP contribution < -0.4 is 25.4 Å². The van der Waals surface area contributed by atoms with Crippen LogP contribution in [-0.2, 0) is 0 Å². The number of aromatic nitrogens is 4. The Hall–Kier alpha value is -3.49. The van der Waals surface area contributed by atoms with E-state index in [1.807, 2.05) is 36.5 Å². The predicted molar refractivity (Wildman–Crippen MR) is 112 cm³/mol. The standard InChI is InChI=1S/C20H25N7O2/c1-28-16-9-15(10-17(11-16)29-2)23-14-5-3-7-26(13-14)18-12-19(25-20(21)24-18)27-8-4-6-22-27/h4,6,8-12,14,23H,3,5,7,13H2,1-2H3,(H2,21,24,25). The number of rotatable bonds is 6. The lowest BCUT2D eigenvalue weighted by atomic mass is 10.1. The Labute approximate surface area is 169 Å². The third kappa shape index (κ3) is 4.34. The summed E-state index contributed by atoms with van der Waals surface area (Å²) < 4.78 is 12.4. The van der Waals surface area contributed by atoms with E-state index in [0.717, 1.165) is 48.9 Å². The molecule has 0 spiro atoms. The van der Waals surface area contributed by atoms with Crippen LogP contribution in [-0.4, -0.2) is 53.1 Å². The number of nitrogens with two attached hydrogens (primary N) is 1. The zero-order valence-corrected chi connectivity index (χ0v) is 16.6. The minimum absolute atomic E-state index is 0.237. The molecule has 9 nitrogen and oxygen atoms in total. The van der Waals surface area contributed by atoms with Crippen molar-refractivity contribution in [1.82, 2.24) is 19.7 Å². The Morgan fingerprint density at radius 2 is 1.83 bits per heavy atom. The van der Waals surface area contributed by atoms with Gasteiger partial charge in [-0.3, -0.25) is 0 Å². The fourth-order valence-corrected chi connectivity index (χ4v) is 3.55. The highest BCUT2D eigenvalue weighted by Gasteiger charge is 2.22. The van der Waals surface area contributed by atoms with Crippen LogP contribution in [0.2, 0.25) is 0 Å². The third-order valence-electron chi connectivity index (χ3n) is 4.92. The number of anilines is 3. The van der Waals surface area contributed by atoms with Gasteiger partial charge >= 0.3 is 0 Å². The van der Waals surface area contributed by atoms with Crippen LogP contribution in [0.4, 0.5) is 17.5 Å². The second-order valence-electron chi connectivity index (χ2n) is 6.92. The molecular weight excluding hydrogens is 370 g/mol. The minimum atomic E-state index is 0.237. The molecule has 3 N–H and O–H groups in total. The van der Waals surface area contributed by atoms with Gasteiger partial charge in [0.2, 0.25) is 5.95 Å². The Morgan fingerprint density at radius 1 is 1.07 bits per heavy atom. The monoisotopic (exact) mass is 395 g/mol. The Balaban J connectivity index is 1.52. The molecule has 0 aliphatic carbocycles. The highest BCUT2D eigenvalue weighted by molar-refractivity contribution is 5.55. The zero-order valence-electron chi connectivity index (χ0n) is 16.6. The lowest BCUT2D eigenvalue weighted by Gasteiger charge is -2.34. The number of piperidine rings is 1. The molecule has 152 valence electrons. The van der Waals surface area contributed by atoms with Crippen LogP contribution in [0.3, 0.4) is 0 Å². The molecular formula is C20H25N7O2. The molecule has 3 aromatic rings. The lowest BCUT2D eigenvalue weighted by molar-refractivity contribution is 0.394. The molecule has 3 heterocycles. The molecule has 29 heavy (non-hydrogen) atoms. The first-order valence-electron chi connectivity index (χ1n) is 9.54. The number of nitrogen functional groups attached to an aromatic ring is 1. The van der Waals surface area contributed by atoms with Gasteiger partial charge in [0.25, 0.3) is 0 Å². The minimum Gasteiger partial charge on any atom is -0.497 e. The molecule has 9 heteroatoms. The van der Waals surface area contributed by atoms with E-state index >= 15 is 0 Å². The van der Waals surface area contributed by atoms with Gasteiger partial charge in [-0.15, -0.1) is 0 Å². The van der Waals surface area contributed by atoms with Crippen molar-refractivity contribution in [2.75, 3.05) is 43.3 Å². The van der Waals surface area contributed by atoms with E-state index in [2.05, 4.69) is 25.3 Å². The van der Waals surface area contributed by atoms with Crippen molar-refractivity contribution in [3.63, 3.8) is 0 Å². The van der Waals surface area contributed by atoms with Gasteiger partial charge in [-0.05, 0) is 18.9 Å². The maximum absolute atomic E-state index is 5.96. The molecule has 0 radical (unpaired) electrons. The number of ether oxygens (including phenoxy) is 2. The summed E-state index contributed by atoms with van der Waals surface area (Å²) in [5.74, 6) is 3.21. The highest BCUT2D eigenvalue weighted by Crippen LogP contribution is 2.28. The van der Waals surface area contributed by atoms with E-state index in [1.54, 1.807) is 25.1 Å². The molecule has 1 saturated heterocycles. The van der Waals surface area contributed by atoms with Crippen molar-refractivity contribution in [2.45, 2.75) is 18.9 Å². The van der Waals surface area contributed by atoms with E-state index < -0.39 is 0 Å². The van der Waals surface area contributed by atoms with Crippen molar-refractivity contribution in [3.05, 3.63) is 42.7 Å². The first kappa shape index (κ1) is 18.9. The fourth-order valence-electron chi connectivity index (χ4n) is 3.55. The summed E-state index contributed by atoms with van der Waals surface area (Å²) in [7, 11) is 3.30. The highest BCUT2D eigenvalue weighted by atomic mass is 16.5. The maximum Gasteiger partial charge on any atom is 0.224 e. The first-order valence-corrected chi connectivity index (χ1v) is 9.54. The van der Waals surface area contributed by atoms with Crippen LogP contribution in [0.15, 0.2) is 42.7 Å². The van der Waals surface area contributed by atoms with Crippen molar-refractivity contribution >= 4 is 17.5 Å². The number of nitrogens with zero attached hydrogens (tertiary/aromatic N) is 5. The third-order valence-corrected chi connectivity index (χ3v) is 4.92. The van der Waals surface area contributed by atoms with Gasteiger partial charge in [0.15, 0.2) is 5.82 Å². The van der Waals surface area contributed by atoms with Crippen LogP contribution in [0.5, 0.6) is 11.5 Å². The summed E-state index contributed by atoms with van der Waals surface area (Å²) in [6.45, 7) is 1.71. The largest absolute Gasteiger partial charge is 0.497 e. The number of hydrogen-bond donors (Lipinski definition) is 2. The number of benzene rings is 1. The zero-order chi connectivity index (χ0) is 20.2. The molecule has 2 aromatic heterocycles. The second kappa shape index (κ2) is 8.26. The summed E-state index contributed by atoms with van der Waals surface area (Å²) in [5, 5.41) is 7.83. The smallest absolute Gasteiger partial charge is 0.224 e. The van der Waals surface area contributed by atoms with E-state index in [1.165, 1.54) is 0 Å². The Bertz CT molecular complexity index is 939. The van der Waals surface area contributed by atoms with Gasteiger partial charge in [-0.2, -0.15) is 15.1 Å². The summed E-state index contributed by atoms with van der Waals surface area (Å²) in [5.41, 5.74) is 6.93. The Kier molecular flexibility index (Phi) is 5.37. The first-order chi connectivity index (χ1) is 14.1. The Morgan fingerprint density at radius 3 is 2.52 bits per heavy atom. The molecule has 1 aliphatic heterocycles. The number of hydrogen-bond acceptors (Lipinski definition) is 8. The number of methoxy groups -OCH3 is 2. The van der Waals surface area contributed by atoms with Gasteiger partial charge in [0.1, 0.15) is 17.3 Å². The summed E-state index contributed by atoms with van der Waals surface area (Å²) in [6, 6.07) is 9.82. The molecule has 1 atom stereocenters.